The van der Waals surface area contributed by atoms with Crippen LogP contribution in [0.2, 0.25) is 0 Å². The van der Waals surface area contributed by atoms with E-state index in [-0.39, 0.29) is 17.4 Å². The molecule has 8 heteroatoms. The van der Waals surface area contributed by atoms with Crippen molar-refractivity contribution in [2.24, 2.45) is 0 Å². The summed E-state index contributed by atoms with van der Waals surface area (Å²) in [5.41, 5.74) is 1.60. The van der Waals surface area contributed by atoms with Gasteiger partial charge in [-0.25, -0.2) is 9.07 Å². The molecule has 2 heterocycles. The molecule has 0 aliphatic carbocycles. The van der Waals surface area contributed by atoms with E-state index in [0.717, 1.165) is 22.6 Å². The highest BCUT2D eigenvalue weighted by molar-refractivity contribution is 5.30. The number of furan rings is 1. The number of hydrogen-bond acceptors (Lipinski definition) is 6. The van der Waals surface area contributed by atoms with Crippen molar-refractivity contribution in [2.75, 3.05) is 7.11 Å². The molecule has 0 amide bonds. The normalized spacial score (nSPS) is 12.8. The molecule has 0 aliphatic heterocycles. The van der Waals surface area contributed by atoms with Crippen LogP contribution in [-0.2, 0) is 18.6 Å². The van der Waals surface area contributed by atoms with Gasteiger partial charge in [0, 0.05) is 6.54 Å². The van der Waals surface area contributed by atoms with E-state index < -0.39 is 0 Å². The first-order chi connectivity index (χ1) is 15.8. The van der Waals surface area contributed by atoms with Crippen LogP contribution in [0.4, 0.5) is 4.39 Å². The first-order valence-electron chi connectivity index (χ1n) is 10.8. The number of tetrazole rings is 1. The number of nitrogens with zero attached hydrogens (tertiary/aromatic N) is 5. The topological polar surface area (TPSA) is 69.2 Å². The summed E-state index contributed by atoms with van der Waals surface area (Å²) in [5.74, 6) is 1.96. The largest absolute Gasteiger partial charge is 0.497 e. The van der Waals surface area contributed by atoms with Crippen molar-refractivity contribution in [3.05, 3.63) is 95.5 Å². The van der Waals surface area contributed by atoms with Gasteiger partial charge in [0.05, 0.1) is 31.5 Å². The number of benzene rings is 2. The number of aromatic nitrogens is 4. The first kappa shape index (κ1) is 22.7. The number of rotatable bonds is 8. The molecule has 1 atom stereocenters. The van der Waals surface area contributed by atoms with Gasteiger partial charge < -0.3 is 9.15 Å². The van der Waals surface area contributed by atoms with E-state index >= 15 is 0 Å². The van der Waals surface area contributed by atoms with E-state index in [1.165, 1.54) is 12.1 Å². The van der Waals surface area contributed by atoms with Gasteiger partial charge in [0.15, 0.2) is 5.82 Å². The van der Waals surface area contributed by atoms with E-state index in [2.05, 4.69) is 20.4 Å². The quantitative estimate of drug-likeness (QED) is 0.379. The Kier molecular flexibility index (Phi) is 6.55. The van der Waals surface area contributed by atoms with Gasteiger partial charge in [0.25, 0.3) is 0 Å². The van der Waals surface area contributed by atoms with Crippen LogP contribution in [-0.4, -0.2) is 32.2 Å². The van der Waals surface area contributed by atoms with Crippen molar-refractivity contribution in [3.63, 3.8) is 0 Å². The molecule has 2 aromatic heterocycles. The predicted octanol–water partition coefficient (Wildman–Crippen LogP) is 4.96. The highest BCUT2D eigenvalue weighted by atomic mass is 19.1. The van der Waals surface area contributed by atoms with Gasteiger partial charge in [0.1, 0.15) is 17.3 Å². The van der Waals surface area contributed by atoms with Gasteiger partial charge in [-0.15, -0.1) is 5.10 Å². The van der Waals surface area contributed by atoms with Crippen LogP contribution in [0.1, 0.15) is 49.5 Å². The molecule has 0 bridgehead atoms. The summed E-state index contributed by atoms with van der Waals surface area (Å²) in [4.78, 5) is 2.22. The molecule has 0 spiro atoms. The van der Waals surface area contributed by atoms with Gasteiger partial charge in [-0.3, -0.25) is 4.90 Å². The maximum absolute atomic E-state index is 13.8. The maximum Gasteiger partial charge on any atom is 0.173 e. The van der Waals surface area contributed by atoms with Crippen molar-refractivity contribution in [3.8, 4) is 5.75 Å². The van der Waals surface area contributed by atoms with E-state index in [1.807, 2.05) is 61.9 Å². The van der Waals surface area contributed by atoms with Crippen LogP contribution in [0.25, 0.3) is 0 Å². The van der Waals surface area contributed by atoms with E-state index in [9.17, 15) is 4.39 Å². The minimum atomic E-state index is -0.351. The van der Waals surface area contributed by atoms with Crippen LogP contribution in [0.3, 0.4) is 0 Å². The monoisotopic (exact) mass is 449 g/mol. The number of halogens is 1. The average molecular weight is 450 g/mol. The SMILES string of the molecule is COc1cccc(CN(Cc2ccco2)[C@H](c2ccc(F)cc2)c2nnnn2C(C)(C)C)c1. The lowest BCUT2D eigenvalue weighted by Gasteiger charge is -2.32. The summed E-state index contributed by atoms with van der Waals surface area (Å²) >= 11 is 0. The Labute approximate surface area is 192 Å². The molecule has 4 rings (SSSR count). The highest BCUT2D eigenvalue weighted by Gasteiger charge is 2.32. The predicted molar refractivity (Wildman–Crippen MR) is 122 cm³/mol. The molecule has 0 saturated heterocycles. The molecular weight excluding hydrogens is 421 g/mol. The Morgan fingerprint density at radius 2 is 1.85 bits per heavy atom. The molecule has 7 nitrogen and oxygen atoms in total. The fraction of sp³-hybridized carbons (Fsp3) is 0.320. The third-order valence-corrected chi connectivity index (χ3v) is 5.38. The maximum atomic E-state index is 13.8. The third kappa shape index (κ3) is 5.28. The van der Waals surface area contributed by atoms with E-state index in [4.69, 9.17) is 9.15 Å². The van der Waals surface area contributed by atoms with Crippen molar-refractivity contribution in [2.45, 2.75) is 45.4 Å². The average Bonchev–Trinajstić information content (AvgIpc) is 3.47. The molecule has 0 saturated carbocycles. The molecule has 0 radical (unpaired) electrons. The van der Waals surface area contributed by atoms with Crippen LogP contribution in [0.5, 0.6) is 5.75 Å². The van der Waals surface area contributed by atoms with Crippen LogP contribution < -0.4 is 4.74 Å². The Morgan fingerprint density at radius 3 is 2.52 bits per heavy atom. The summed E-state index contributed by atoms with van der Waals surface area (Å²) in [6, 6.07) is 17.9. The second-order valence-electron chi connectivity index (χ2n) is 8.91. The summed E-state index contributed by atoms with van der Waals surface area (Å²) in [7, 11) is 1.65. The van der Waals surface area contributed by atoms with Crippen LogP contribution in [0, 0.1) is 5.82 Å². The zero-order valence-electron chi connectivity index (χ0n) is 19.3. The molecule has 33 heavy (non-hydrogen) atoms. The van der Waals surface area contributed by atoms with Crippen LogP contribution in [0.15, 0.2) is 71.3 Å². The second-order valence-corrected chi connectivity index (χ2v) is 8.91. The fourth-order valence-electron chi connectivity index (χ4n) is 3.86. The molecule has 0 fully saturated rings. The van der Waals surface area contributed by atoms with E-state index in [0.29, 0.717) is 18.9 Å². The van der Waals surface area contributed by atoms with Crippen molar-refractivity contribution in [1.82, 2.24) is 25.1 Å². The molecule has 172 valence electrons. The summed E-state index contributed by atoms with van der Waals surface area (Å²) < 4.78 is 26.7. The number of methoxy groups -OCH3 is 1. The van der Waals surface area contributed by atoms with Gasteiger partial charge in [-0.2, -0.15) is 0 Å². The Morgan fingerprint density at radius 1 is 1.06 bits per heavy atom. The highest BCUT2D eigenvalue weighted by Crippen LogP contribution is 2.33. The molecular formula is C25H28FN5O2. The lowest BCUT2D eigenvalue weighted by Crippen LogP contribution is -2.34. The smallest absolute Gasteiger partial charge is 0.173 e. The molecule has 0 aliphatic rings. The molecule has 0 unspecified atom stereocenters. The first-order valence-corrected chi connectivity index (χ1v) is 10.8. The fourth-order valence-corrected chi connectivity index (χ4v) is 3.86. The third-order valence-electron chi connectivity index (χ3n) is 5.38. The van der Waals surface area contributed by atoms with Gasteiger partial charge in [0.2, 0.25) is 0 Å². The Bertz CT molecular complexity index is 1170. The van der Waals surface area contributed by atoms with Crippen molar-refractivity contribution < 1.29 is 13.5 Å². The summed E-state index contributed by atoms with van der Waals surface area (Å²) in [5, 5.41) is 12.7. The van der Waals surface area contributed by atoms with Crippen molar-refractivity contribution >= 4 is 0 Å². The Balaban J connectivity index is 1.83. The number of hydrogen-bond donors (Lipinski definition) is 0. The Hall–Kier alpha value is -3.52. The minimum Gasteiger partial charge on any atom is -0.497 e. The van der Waals surface area contributed by atoms with Gasteiger partial charge in [-0.05, 0) is 78.7 Å². The number of ether oxygens (including phenoxy) is 1. The van der Waals surface area contributed by atoms with E-state index in [1.54, 1.807) is 25.5 Å². The summed E-state index contributed by atoms with van der Waals surface area (Å²) in [6.45, 7) is 7.22. The van der Waals surface area contributed by atoms with Gasteiger partial charge >= 0.3 is 0 Å². The summed E-state index contributed by atoms with van der Waals surface area (Å²) in [6.07, 6.45) is 1.66. The minimum absolute atomic E-state index is 0.293. The van der Waals surface area contributed by atoms with Crippen molar-refractivity contribution in [1.29, 1.82) is 0 Å². The zero-order valence-corrected chi connectivity index (χ0v) is 19.3. The molecule has 0 N–H and O–H groups in total. The standard InChI is InChI=1S/C25H28FN5O2/c1-25(2,3)31-24(27-28-29-31)23(19-10-12-20(26)13-11-19)30(17-22-9-6-14-33-22)16-18-7-5-8-21(15-18)32-4/h5-15,23H,16-17H2,1-4H3/t23-/m1/s1. The zero-order chi connectivity index (χ0) is 23.4. The van der Waals surface area contributed by atoms with Gasteiger partial charge in [-0.1, -0.05) is 24.3 Å². The lowest BCUT2D eigenvalue weighted by molar-refractivity contribution is 0.172. The molecule has 2 aromatic carbocycles. The lowest BCUT2D eigenvalue weighted by atomic mass is 10.0. The second kappa shape index (κ2) is 9.54. The molecule has 4 aromatic rings. The van der Waals surface area contributed by atoms with Crippen LogP contribution >= 0.6 is 0 Å².